The third-order valence-corrected chi connectivity index (χ3v) is 6.38. The van der Waals surface area contributed by atoms with Gasteiger partial charge < -0.3 is 15.3 Å². The Morgan fingerprint density at radius 3 is 2.26 bits per heavy atom. The number of ketones is 1. The third kappa shape index (κ3) is 7.33. The van der Waals surface area contributed by atoms with Crippen LogP contribution in [0.3, 0.4) is 0 Å². The fourth-order valence-electron chi connectivity index (χ4n) is 3.46. The van der Waals surface area contributed by atoms with Gasteiger partial charge in [-0.05, 0) is 42.5 Å². The Labute approximate surface area is 188 Å². The van der Waals surface area contributed by atoms with Gasteiger partial charge in [-0.2, -0.15) is 0 Å². The molecule has 1 unspecified atom stereocenters. The van der Waals surface area contributed by atoms with Gasteiger partial charge in [0.05, 0.1) is 6.10 Å². The lowest BCUT2D eigenvalue weighted by Gasteiger charge is -2.11. The van der Waals surface area contributed by atoms with E-state index in [-0.39, 0.29) is 11.5 Å². The summed E-state index contributed by atoms with van der Waals surface area (Å²) < 4.78 is 0. The van der Waals surface area contributed by atoms with Crippen molar-refractivity contribution in [3.05, 3.63) is 63.0 Å². The predicted molar refractivity (Wildman–Crippen MR) is 125 cm³/mol. The Morgan fingerprint density at radius 1 is 1.03 bits per heavy atom. The minimum absolute atomic E-state index is 0.0961. The number of benzene rings is 1. The number of carboxylic acids is 1. The van der Waals surface area contributed by atoms with Crippen molar-refractivity contribution < 1.29 is 24.9 Å². The number of aryl methyl sites for hydroxylation is 1. The van der Waals surface area contributed by atoms with Crippen LogP contribution in [-0.4, -0.2) is 27.1 Å². The smallest absolute Gasteiger partial charge is 0.345 e. The number of unbranched alkanes of at least 4 members (excludes halogenated alkanes) is 2. The highest BCUT2D eigenvalue weighted by atomic mass is 32.1. The normalized spacial score (nSPS) is 14.4. The molecule has 0 saturated heterocycles. The van der Waals surface area contributed by atoms with E-state index in [0.717, 1.165) is 60.1 Å². The summed E-state index contributed by atoms with van der Waals surface area (Å²) in [5.74, 6) is -1.10. The minimum Gasteiger partial charge on any atom is -0.504 e. The van der Waals surface area contributed by atoms with Crippen LogP contribution in [0.25, 0.3) is 5.57 Å². The van der Waals surface area contributed by atoms with E-state index in [4.69, 9.17) is 5.11 Å². The summed E-state index contributed by atoms with van der Waals surface area (Å²) in [7, 11) is 0. The van der Waals surface area contributed by atoms with Gasteiger partial charge in [-0.3, -0.25) is 4.79 Å². The van der Waals surface area contributed by atoms with Crippen molar-refractivity contribution in [1.29, 1.82) is 0 Å². The lowest BCUT2D eigenvalue weighted by atomic mass is 9.99. The van der Waals surface area contributed by atoms with Crippen molar-refractivity contribution in [2.75, 3.05) is 0 Å². The van der Waals surface area contributed by atoms with Crippen molar-refractivity contribution in [2.24, 2.45) is 0 Å². The van der Waals surface area contributed by atoms with Crippen molar-refractivity contribution in [3.63, 3.8) is 0 Å². The standard InChI is InChI=1S/C17H22O3.C8H10O2S/c1-2-3-4-5-15(18)13-8-6-12(7-9-13)14-10-11-16(19)17(14)20;1-2-3-6-4-5-7(11-6)8(9)10/h6-9,15,18,20H,2-5,10-11H2,1H3;4-5H,2-3H2,1H3,(H,9,10). The second-order valence-corrected chi connectivity index (χ2v) is 8.87. The topological polar surface area (TPSA) is 94.8 Å². The van der Waals surface area contributed by atoms with E-state index in [0.29, 0.717) is 17.7 Å². The highest BCUT2D eigenvalue weighted by molar-refractivity contribution is 7.13. The molecule has 5 nitrogen and oxygen atoms in total. The van der Waals surface area contributed by atoms with Crippen molar-refractivity contribution in [3.8, 4) is 0 Å². The molecule has 3 rings (SSSR count). The average molecular weight is 445 g/mol. The van der Waals surface area contributed by atoms with E-state index in [1.807, 2.05) is 30.3 Å². The van der Waals surface area contributed by atoms with Crippen LogP contribution in [0.15, 0.2) is 42.2 Å². The number of allylic oxidation sites excluding steroid dienone is 2. The quantitative estimate of drug-likeness (QED) is 0.393. The number of carbonyl (C=O) groups excluding carboxylic acids is 1. The van der Waals surface area contributed by atoms with Crippen LogP contribution in [0, 0.1) is 0 Å². The van der Waals surface area contributed by atoms with Gasteiger partial charge in [-0.25, -0.2) is 4.79 Å². The fraction of sp³-hybridized carbons (Fsp3) is 0.440. The summed E-state index contributed by atoms with van der Waals surface area (Å²) in [6, 6.07) is 11.1. The zero-order valence-electron chi connectivity index (χ0n) is 18.3. The molecule has 1 aromatic heterocycles. The van der Waals surface area contributed by atoms with Gasteiger partial charge in [0, 0.05) is 16.9 Å². The van der Waals surface area contributed by atoms with E-state index in [2.05, 4.69) is 13.8 Å². The summed E-state index contributed by atoms with van der Waals surface area (Å²) in [6.45, 7) is 4.23. The van der Waals surface area contributed by atoms with Crippen LogP contribution in [0.1, 0.15) is 90.6 Å². The lowest BCUT2D eigenvalue weighted by Crippen LogP contribution is -1.98. The maximum Gasteiger partial charge on any atom is 0.345 e. The van der Waals surface area contributed by atoms with Gasteiger partial charge in [0.15, 0.2) is 11.5 Å². The first-order chi connectivity index (χ1) is 14.9. The number of carboxylic acid groups (broad SMARTS) is 1. The van der Waals surface area contributed by atoms with Crippen LogP contribution >= 0.6 is 11.3 Å². The molecule has 0 radical (unpaired) electrons. The van der Waals surface area contributed by atoms with Gasteiger partial charge in [0.2, 0.25) is 0 Å². The van der Waals surface area contributed by atoms with Gasteiger partial charge in [-0.15, -0.1) is 11.3 Å². The summed E-state index contributed by atoms with van der Waals surface area (Å²) in [5.41, 5.74) is 2.49. The predicted octanol–water partition coefficient (Wildman–Crippen LogP) is 6.33. The molecule has 1 atom stereocenters. The summed E-state index contributed by atoms with van der Waals surface area (Å²) in [4.78, 5) is 23.4. The molecule has 1 aliphatic carbocycles. The summed E-state index contributed by atoms with van der Waals surface area (Å²) >= 11 is 1.37. The number of carbonyl (C=O) groups is 2. The number of hydrogen-bond donors (Lipinski definition) is 3. The Balaban J connectivity index is 0.000000262. The monoisotopic (exact) mass is 444 g/mol. The van der Waals surface area contributed by atoms with E-state index in [9.17, 15) is 19.8 Å². The number of aliphatic hydroxyl groups is 2. The van der Waals surface area contributed by atoms with Crippen LogP contribution in [-0.2, 0) is 11.2 Å². The molecule has 168 valence electrons. The highest BCUT2D eigenvalue weighted by Crippen LogP contribution is 2.31. The molecule has 0 aliphatic heterocycles. The van der Waals surface area contributed by atoms with Gasteiger partial charge in [-0.1, -0.05) is 63.8 Å². The number of hydrogen-bond acceptors (Lipinski definition) is 5. The summed E-state index contributed by atoms with van der Waals surface area (Å²) in [6.07, 6.45) is 6.71. The minimum atomic E-state index is -0.822. The zero-order chi connectivity index (χ0) is 22.8. The number of thiophene rings is 1. The maximum atomic E-state index is 11.3. The van der Waals surface area contributed by atoms with Crippen LogP contribution in [0.4, 0.5) is 0 Å². The highest BCUT2D eigenvalue weighted by Gasteiger charge is 2.23. The molecule has 0 fully saturated rings. The lowest BCUT2D eigenvalue weighted by molar-refractivity contribution is -0.117. The van der Waals surface area contributed by atoms with Crippen LogP contribution < -0.4 is 0 Å². The van der Waals surface area contributed by atoms with Crippen LogP contribution in [0.2, 0.25) is 0 Å². The molecule has 31 heavy (non-hydrogen) atoms. The van der Waals surface area contributed by atoms with Gasteiger partial charge >= 0.3 is 5.97 Å². The molecule has 0 spiro atoms. The fourth-order valence-corrected chi connectivity index (χ4v) is 4.41. The van der Waals surface area contributed by atoms with Crippen LogP contribution in [0.5, 0.6) is 0 Å². The Hall–Kier alpha value is -2.44. The molecule has 3 N–H and O–H groups in total. The zero-order valence-corrected chi connectivity index (χ0v) is 19.1. The first-order valence-corrected chi connectivity index (χ1v) is 11.7. The molecule has 0 amide bonds. The van der Waals surface area contributed by atoms with E-state index in [1.54, 1.807) is 6.07 Å². The second-order valence-electron chi connectivity index (χ2n) is 7.71. The van der Waals surface area contributed by atoms with E-state index < -0.39 is 12.1 Å². The molecule has 0 bridgehead atoms. The maximum absolute atomic E-state index is 11.3. The van der Waals surface area contributed by atoms with E-state index >= 15 is 0 Å². The Bertz CT molecular complexity index is 895. The number of aromatic carboxylic acids is 1. The number of aliphatic hydroxyl groups excluding tert-OH is 2. The Kier molecular flexibility index (Phi) is 9.95. The molecule has 1 aromatic carbocycles. The van der Waals surface area contributed by atoms with Crippen molar-refractivity contribution in [2.45, 2.75) is 71.3 Å². The van der Waals surface area contributed by atoms with Gasteiger partial charge in [0.25, 0.3) is 0 Å². The first kappa shape index (κ1) is 24.8. The molecule has 0 saturated carbocycles. The Morgan fingerprint density at radius 2 is 1.74 bits per heavy atom. The number of rotatable bonds is 9. The van der Waals surface area contributed by atoms with Crippen molar-refractivity contribution in [1.82, 2.24) is 0 Å². The molecule has 2 aromatic rings. The van der Waals surface area contributed by atoms with E-state index in [1.165, 1.54) is 11.3 Å². The SMILES string of the molecule is CCCCCC(O)c1ccc(C2=C(O)C(=O)CC2)cc1.CCCc1ccc(C(=O)O)s1. The molecule has 1 heterocycles. The third-order valence-electron chi connectivity index (χ3n) is 5.25. The first-order valence-electron chi connectivity index (χ1n) is 10.9. The van der Waals surface area contributed by atoms with Gasteiger partial charge in [0.1, 0.15) is 4.88 Å². The second kappa shape index (κ2) is 12.4. The molecule has 1 aliphatic rings. The molecular formula is C25H32O5S. The summed E-state index contributed by atoms with van der Waals surface area (Å²) in [5, 5.41) is 28.4. The largest absolute Gasteiger partial charge is 0.504 e. The molecular weight excluding hydrogens is 412 g/mol. The average Bonchev–Trinajstić information content (AvgIpc) is 3.36. The molecule has 6 heteroatoms. The number of Topliss-reactive ketones (excluding diaryl/α,β-unsaturated/α-hetero) is 1. The van der Waals surface area contributed by atoms with Crippen molar-refractivity contribution >= 4 is 28.7 Å².